The van der Waals surface area contributed by atoms with Crippen LogP contribution in [0, 0.1) is 12.7 Å². The summed E-state index contributed by atoms with van der Waals surface area (Å²) in [5.74, 6) is -0.298. The largest absolute Gasteiger partial charge is 0.389 e. The molecule has 0 radical (unpaired) electrons. The van der Waals surface area contributed by atoms with E-state index in [2.05, 4.69) is 5.10 Å². The lowest BCUT2D eigenvalue weighted by Gasteiger charge is -2.23. The third-order valence-electron chi connectivity index (χ3n) is 3.28. The summed E-state index contributed by atoms with van der Waals surface area (Å²) >= 11 is 6.19. The Bertz CT molecular complexity index is 622. The molecule has 0 saturated heterocycles. The molecule has 2 aromatic rings. The maximum Gasteiger partial charge on any atom is 0.123 e. The van der Waals surface area contributed by atoms with Gasteiger partial charge in [0.2, 0.25) is 0 Å². The number of aromatic nitrogens is 2. The lowest BCUT2D eigenvalue weighted by atomic mass is 9.91. The summed E-state index contributed by atoms with van der Waals surface area (Å²) in [6.45, 7) is 3.55. The molecule has 0 aliphatic heterocycles. The molecule has 2 rings (SSSR count). The molecule has 3 nitrogen and oxygen atoms in total. The van der Waals surface area contributed by atoms with Crippen molar-refractivity contribution in [1.29, 1.82) is 0 Å². The summed E-state index contributed by atoms with van der Waals surface area (Å²) in [7, 11) is 1.80. The van der Waals surface area contributed by atoms with Crippen LogP contribution in [0.1, 0.15) is 23.9 Å². The summed E-state index contributed by atoms with van der Waals surface area (Å²) in [4.78, 5) is 0. The van der Waals surface area contributed by atoms with E-state index < -0.39 is 5.60 Å². The molecule has 0 spiro atoms. The Balaban J connectivity index is 2.18. The van der Waals surface area contributed by atoms with Gasteiger partial charge in [0.05, 0.1) is 22.0 Å². The summed E-state index contributed by atoms with van der Waals surface area (Å²) in [5.41, 5.74) is 1.26. The van der Waals surface area contributed by atoms with E-state index in [9.17, 15) is 9.50 Å². The Morgan fingerprint density at radius 2 is 2.10 bits per heavy atom. The average molecular weight is 297 g/mol. The Morgan fingerprint density at radius 3 is 2.65 bits per heavy atom. The first-order chi connectivity index (χ1) is 9.28. The molecule has 0 aliphatic rings. The summed E-state index contributed by atoms with van der Waals surface area (Å²) in [6, 6.07) is 6.26. The van der Waals surface area contributed by atoms with Gasteiger partial charge in [-0.05, 0) is 31.5 Å². The van der Waals surface area contributed by atoms with E-state index in [1.54, 1.807) is 30.8 Å². The maximum atomic E-state index is 13.2. The highest BCUT2D eigenvalue weighted by Gasteiger charge is 2.25. The van der Waals surface area contributed by atoms with E-state index in [-0.39, 0.29) is 5.82 Å². The molecule has 1 aromatic heterocycles. The monoisotopic (exact) mass is 296 g/mol. The van der Waals surface area contributed by atoms with Crippen LogP contribution in [0.25, 0.3) is 0 Å². The van der Waals surface area contributed by atoms with Gasteiger partial charge in [-0.2, -0.15) is 5.10 Å². The number of hydrogen-bond acceptors (Lipinski definition) is 2. The van der Waals surface area contributed by atoms with Crippen LogP contribution in [0.5, 0.6) is 0 Å². The van der Waals surface area contributed by atoms with Crippen LogP contribution >= 0.6 is 11.6 Å². The smallest absolute Gasteiger partial charge is 0.123 e. The van der Waals surface area contributed by atoms with Crippen LogP contribution in [0.4, 0.5) is 4.39 Å². The first-order valence-electron chi connectivity index (χ1n) is 6.43. The van der Waals surface area contributed by atoms with Gasteiger partial charge in [-0.25, -0.2) is 4.39 Å². The average Bonchev–Trinajstić information content (AvgIpc) is 2.55. The van der Waals surface area contributed by atoms with Gasteiger partial charge >= 0.3 is 0 Å². The zero-order chi connectivity index (χ0) is 14.9. The third-order valence-corrected chi connectivity index (χ3v) is 3.78. The normalized spacial score (nSPS) is 14.3. The molecular formula is C15H18ClFN2O. The lowest BCUT2D eigenvalue weighted by molar-refractivity contribution is 0.0588. The second kappa shape index (κ2) is 5.54. The van der Waals surface area contributed by atoms with E-state index >= 15 is 0 Å². The molecule has 1 unspecified atom stereocenters. The van der Waals surface area contributed by atoms with E-state index in [0.717, 1.165) is 17.0 Å². The van der Waals surface area contributed by atoms with Crippen molar-refractivity contribution in [2.75, 3.05) is 0 Å². The van der Waals surface area contributed by atoms with Crippen LogP contribution in [0.15, 0.2) is 24.3 Å². The van der Waals surface area contributed by atoms with Crippen LogP contribution in [0.2, 0.25) is 5.02 Å². The topological polar surface area (TPSA) is 38.0 Å². The maximum absolute atomic E-state index is 13.2. The standard InChI is InChI=1S/C15H18ClFN2O/c1-10-14(16)13(19(3)18-10)9-15(2,20)8-11-5-4-6-12(17)7-11/h4-7,20H,8-9H2,1-3H3. The van der Waals surface area contributed by atoms with E-state index in [1.165, 1.54) is 12.1 Å². The minimum atomic E-state index is -1.02. The van der Waals surface area contributed by atoms with Gasteiger partial charge in [0.25, 0.3) is 0 Å². The van der Waals surface area contributed by atoms with Crippen LogP contribution in [0.3, 0.4) is 0 Å². The van der Waals surface area contributed by atoms with Crippen LogP contribution < -0.4 is 0 Å². The molecular weight excluding hydrogens is 279 g/mol. The van der Waals surface area contributed by atoms with E-state index in [1.807, 2.05) is 6.92 Å². The summed E-state index contributed by atoms with van der Waals surface area (Å²) in [6.07, 6.45) is 0.713. The van der Waals surface area contributed by atoms with Crippen LogP contribution in [-0.4, -0.2) is 20.5 Å². The minimum absolute atomic E-state index is 0.298. The predicted molar refractivity (Wildman–Crippen MR) is 77.4 cm³/mol. The Hall–Kier alpha value is -1.39. The highest BCUT2D eigenvalue weighted by atomic mass is 35.5. The van der Waals surface area contributed by atoms with Gasteiger partial charge in [0.15, 0.2) is 0 Å². The SMILES string of the molecule is Cc1nn(C)c(CC(C)(O)Cc2cccc(F)c2)c1Cl. The predicted octanol–water partition coefficient (Wildman–Crippen LogP) is 3.06. The van der Waals surface area contributed by atoms with Gasteiger partial charge in [-0.3, -0.25) is 4.68 Å². The van der Waals surface area contributed by atoms with E-state index in [4.69, 9.17) is 11.6 Å². The number of aliphatic hydroxyl groups is 1. The molecule has 1 heterocycles. The lowest BCUT2D eigenvalue weighted by Crippen LogP contribution is -2.31. The highest BCUT2D eigenvalue weighted by molar-refractivity contribution is 6.31. The molecule has 20 heavy (non-hydrogen) atoms. The van der Waals surface area contributed by atoms with Crippen molar-refractivity contribution in [3.05, 3.63) is 52.1 Å². The molecule has 1 aromatic carbocycles. The molecule has 1 N–H and O–H groups in total. The van der Waals surface area contributed by atoms with Crippen molar-refractivity contribution in [1.82, 2.24) is 9.78 Å². The molecule has 1 atom stereocenters. The second-order valence-electron chi connectivity index (χ2n) is 5.45. The highest BCUT2D eigenvalue weighted by Crippen LogP contribution is 2.26. The molecule has 0 amide bonds. The van der Waals surface area contributed by atoms with Crippen molar-refractivity contribution >= 4 is 11.6 Å². The van der Waals surface area contributed by atoms with Crippen molar-refractivity contribution in [2.45, 2.75) is 32.3 Å². The summed E-state index contributed by atoms with van der Waals surface area (Å²) in [5, 5.41) is 15.4. The first kappa shape index (κ1) is 15.0. The number of hydrogen-bond donors (Lipinski definition) is 1. The quantitative estimate of drug-likeness (QED) is 0.941. The zero-order valence-electron chi connectivity index (χ0n) is 11.8. The second-order valence-corrected chi connectivity index (χ2v) is 5.83. The molecule has 108 valence electrons. The Labute approximate surface area is 123 Å². The molecule has 0 saturated carbocycles. The molecule has 0 fully saturated rings. The van der Waals surface area contributed by atoms with Gasteiger partial charge in [0.1, 0.15) is 5.82 Å². The molecule has 0 aliphatic carbocycles. The fourth-order valence-corrected chi connectivity index (χ4v) is 2.61. The fourth-order valence-electron chi connectivity index (χ4n) is 2.38. The number of halogens is 2. The minimum Gasteiger partial charge on any atom is -0.389 e. The Kier molecular flexibility index (Phi) is 4.16. The van der Waals surface area contributed by atoms with Crippen molar-refractivity contribution in [2.24, 2.45) is 7.05 Å². The molecule has 0 bridgehead atoms. The zero-order valence-corrected chi connectivity index (χ0v) is 12.6. The van der Waals surface area contributed by atoms with Gasteiger partial charge < -0.3 is 5.11 Å². The van der Waals surface area contributed by atoms with Crippen molar-refractivity contribution in [3.63, 3.8) is 0 Å². The number of nitrogens with zero attached hydrogens (tertiary/aromatic N) is 2. The van der Waals surface area contributed by atoms with Gasteiger partial charge in [0, 0.05) is 19.9 Å². The first-order valence-corrected chi connectivity index (χ1v) is 6.81. The number of benzene rings is 1. The van der Waals surface area contributed by atoms with Crippen molar-refractivity contribution in [3.8, 4) is 0 Å². The van der Waals surface area contributed by atoms with Gasteiger partial charge in [-0.1, -0.05) is 23.7 Å². The molecule has 5 heteroatoms. The van der Waals surface area contributed by atoms with Crippen molar-refractivity contribution < 1.29 is 9.50 Å². The van der Waals surface area contributed by atoms with Crippen LogP contribution in [-0.2, 0) is 19.9 Å². The van der Waals surface area contributed by atoms with E-state index in [0.29, 0.717) is 17.9 Å². The van der Waals surface area contributed by atoms with Gasteiger partial charge in [-0.15, -0.1) is 0 Å². The number of rotatable bonds is 4. The summed E-state index contributed by atoms with van der Waals surface area (Å²) < 4.78 is 14.9. The number of aryl methyl sites for hydroxylation is 2. The third kappa shape index (κ3) is 3.38. The Morgan fingerprint density at radius 1 is 1.40 bits per heavy atom. The fraction of sp³-hybridized carbons (Fsp3) is 0.400.